The first-order chi connectivity index (χ1) is 15.9. The van der Waals surface area contributed by atoms with Crippen molar-refractivity contribution in [1.82, 2.24) is 4.90 Å². The molecule has 0 saturated carbocycles. The van der Waals surface area contributed by atoms with Gasteiger partial charge in [-0.25, -0.2) is 19.3 Å². The Morgan fingerprint density at radius 3 is 1.50 bits per heavy atom. The van der Waals surface area contributed by atoms with Gasteiger partial charge in [-0.1, -0.05) is 6.08 Å². The Bertz CT molecular complexity index is 594. The van der Waals surface area contributed by atoms with Gasteiger partial charge in [0.2, 0.25) is 0 Å². The number of imide groups is 1. The molecule has 198 valence electrons. The van der Waals surface area contributed by atoms with Gasteiger partial charge >= 0.3 is 18.2 Å². The predicted molar refractivity (Wildman–Crippen MR) is 124 cm³/mol. The highest BCUT2D eigenvalue weighted by atomic mass is 16.6. The van der Waals surface area contributed by atoms with Crippen LogP contribution in [0.2, 0.25) is 0 Å². The molecule has 0 spiro atoms. The zero-order valence-corrected chi connectivity index (χ0v) is 21.5. The van der Waals surface area contributed by atoms with Crippen LogP contribution in [-0.4, -0.2) is 101 Å². The molecule has 2 amide bonds. The smallest absolute Gasteiger partial charge is 0.419 e. The minimum atomic E-state index is -0.790. The lowest BCUT2D eigenvalue weighted by atomic mass is 10.2. The van der Waals surface area contributed by atoms with E-state index in [0.717, 1.165) is 4.90 Å². The first-order valence-corrected chi connectivity index (χ1v) is 11.1. The van der Waals surface area contributed by atoms with Crippen molar-refractivity contribution in [1.29, 1.82) is 0 Å². The third-order valence-electron chi connectivity index (χ3n) is 3.47. The predicted octanol–water partition coefficient (Wildman–Crippen LogP) is 2.95. The monoisotopic (exact) mass is 491 g/mol. The molecule has 0 fully saturated rings. The highest BCUT2D eigenvalue weighted by Crippen LogP contribution is 2.14. The Morgan fingerprint density at radius 1 is 0.676 bits per heavy atom. The van der Waals surface area contributed by atoms with E-state index in [-0.39, 0.29) is 19.8 Å². The maximum atomic E-state index is 12.4. The summed E-state index contributed by atoms with van der Waals surface area (Å²) >= 11 is 0. The molecule has 0 bridgehead atoms. The molecular weight excluding hydrogens is 450 g/mol. The molecule has 0 atom stereocenters. The fraction of sp³-hybridized carbons (Fsp3) is 0.783. The molecule has 0 N–H and O–H groups in total. The lowest BCUT2D eigenvalue weighted by molar-refractivity contribution is -0.134. The van der Waals surface area contributed by atoms with E-state index in [1.165, 1.54) is 13.2 Å². The average Bonchev–Trinajstić information content (AvgIpc) is 2.70. The van der Waals surface area contributed by atoms with Crippen LogP contribution in [0.1, 0.15) is 41.5 Å². The standard InChI is InChI=1S/C23H41NO10/c1-22(2,3)33-20(26)24(21(27)34-23(4,5)6)10-12-30-14-16-32-18-17-31-15-13-29-11-8-9-19(25)28-7/h8-9H,10-18H2,1-7H3/b9-8+. The summed E-state index contributed by atoms with van der Waals surface area (Å²) in [5.74, 6) is -0.426. The lowest BCUT2D eigenvalue weighted by Crippen LogP contribution is -2.45. The van der Waals surface area contributed by atoms with E-state index >= 15 is 0 Å². The Labute approximate surface area is 202 Å². The van der Waals surface area contributed by atoms with E-state index in [2.05, 4.69) is 4.74 Å². The second-order valence-corrected chi connectivity index (χ2v) is 8.95. The van der Waals surface area contributed by atoms with E-state index in [0.29, 0.717) is 39.6 Å². The number of amides is 2. The van der Waals surface area contributed by atoms with Gasteiger partial charge < -0.3 is 33.2 Å². The zero-order chi connectivity index (χ0) is 26.0. The number of hydrogen-bond acceptors (Lipinski definition) is 10. The molecule has 0 aliphatic heterocycles. The van der Waals surface area contributed by atoms with Gasteiger partial charge in [-0.3, -0.25) is 0 Å². The van der Waals surface area contributed by atoms with Crippen molar-refractivity contribution in [3.05, 3.63) is 12.2 Å². The minimum absolute atomic E-state index is 0.0121. The van der Waals surface area contributed by atoms with Crippen LogP contribution >= 0.6 is 0 Å². The van der Waals surface area contributed by atoms with Crippen LogP contribution in [0.25, 0.3) is 0 Å². The van der Waals surface area contributed by atoms with E-state index < -0.39 is 29.4 Å². The van der Waals surface area contributed by atoms with Gasteiger partial charge in [-0.2, -0.15) is 0 Å². The summed E-state index contributed by atoms with van der Waals surface area (Å²) in [6, 6.07) is 0. The fourth-order valence-electron chi connectivity index (χ4n) is 2.07. The third kappa shape index (κ3) is 19.3. The summed E-state index contributed by atoms with van der Waals surface area (Å²) in [4.78, 5) is 36.5. The van der Waals surface area contributed by atoms with Crippen LogP contribution in [0.4, 0.5) is 9.59 Å². The van der Waals surface area contributed by atoms with Crippen LogP contribution < -0.4 is 0 Å². The topological polar surface area (TPSA) is 119 Å². The first kappa shape index (κ1) is 31.8. The van der Waals surface area contributed by atoms with Gasteiger partial charge in [-0.05, 0) is 41.5 Å². The fourth-order valence-corrected chi connectivity index (χ4v) is 2.07. The third-order valence-corrected chi connectivity index (χ3v) is 3.47. The molecule has 34 heavy (non-hydrogen) atoms. The first-order valence-electron chi connectivity index (χ1n) is 11.1. The SMILES string of the molecule is COC(=O)/C=C/COCCOCCOCCOCCN(C(=O)OC(C)(C)C)C(=O)OC(C)(C)C. The number of ether oxygens (including phenoxy) is 7. The Hall–Kier alpha value is -2.21. The van der Waals surface area contributed by atoms with E-state index in [1.54, 1.807) is 47.6 Å². The molecule has 0 aromatic heterocycles. The molecule has 0 aliphatic carbocycles. The number of carbonyl (C=O) groups is 3. The van der Waals surface area contributed by atoms with E-state index in [9.17, 15) is 14.4 Å². The van der Waals surface area contributed by atoms with Crippen molar-refractivity contribution in [2.75, 3.05) is 66.5 Å². The van der Waals surface area contributed by atoms with Gasteiger partial charge in [0.15, 0.2) is 0 Å². The second-order valence-electron chi connectivity index (χ2n) is 8.95. The Balaban J connectivity index is 3.95. The summed E-state index contributed by atoms with van der Waals surface area (Å²) in [5, 5.41) is 0. The number of hydrogen-bond donors (Lipinski definition) is 0. The van der Waals surface area contributed by atoms with Crippen molar-refractivity contribution >= 4 is 18.2 Å². The van der Waals surface area contributed by atoms with Crippen LogP contribution in [0.3, 0.4) is 0 Å². The molecule has 0 unspecified atom stereocenters. The number of nitrogens with zero attached hydrogens (tertiary/aromatic N) is 1. The van der Waals surface area contributed by atoms with Crippen molar-refractivity contribution < 1.29 is 47.5 Å². The quantitative estimate of drug-likeness (QED) is 0.146. The van der Waals surface area contributed by atoms with Gasteiger partial charge in [0, 0.05) is 6.08 Å². The number of rotatable bonds is 15. The maximum Gasteiger partial charge on any atom is 0.419 e. The molecule has 0 saturated heterocycles. The van der Waals surface area contributed by atoms with E-state index in [4.69, 9.17) is 28.4 Å². The van der Waals surface area contributed by atoms with Gasteiger partial charge in [-0.15, -0.1) is 0 Å². The summed E-state index contributed by atoms with van der Waals surface area (Å²) in [7, 11) is 1.31. The Morgan fingerprint density at radius 2 is 1.09 bits per heavy atom. The minimum Gasteiger partial charge on any atom is -0.466 e. The molecule has 0 aromatic carbocycles. The van der Waals surface area contributed by atoms with Gasteiger partial charge in [0.05, 0.1) is 66.5 Å². The molecule has 0 heterocycles. The van der Waals surface area contributed by atoms with Gasteiger partial charge in [0.25, 0.3) is 0 Å². The molecule has 11 heteroatoms. The summed E-state index contributed by atoms with van der Waals surface area (Å²) in [5.41, 5.74) is -1.50. The lowest BCUT2D eigenvalue weighted by Gasteiger charge is -2.28. The molecule has 0 radical (unpaired) electrons. The van der Waals surface area contributed by atoms with Crippen molar-refractivity contribution in [3.63, 3.8) is 0 Å². The maximum absolute atomic E-state index is 12.4. The van der Waals surface area contributed by atoms with E-state index in [1.807, 2.05) is 0 Å². The highest BCUT2D eigenvalue weighted by molar-refractivity contribution is 5.88. The van der Waals surface area contributed by atoms with Crippen LogP contribution in [0.5, 0.6) is 0 Å². The zero-order valence-electron chi connectivity index (χ0n) is 21.5. The van der Waals surface area contributed by atoms with Crippen molar-refractivity contribution in [2.24, 2.45) is 0 Å². The normalized spacial score (nSPS) is 12.0. The van der Waals surface area contributed by atoms with Gasteiger partial charge in [0.1, 0.15) is 11.2 Å². The number of methoxy groups -OCH3 is 1. The second kappa shape index (κ2) is 17.3. The average molecular weight is 492 g/mol. The molecule has 11 nitrogen and oxygen atoms in total. The summed E-state index contributed by atoms with van der Waals surface area (Å²) < 4.78 is 36.5. The van der Waals surface area contributed by atoms with Crippen LogP contribution in [0, 0.1) is 0 Å². The molecular formula is C23H41NO10. The largest absolute Gasteiger partial charge is 0.466 e. The summed E-state index contributed by atoms with van der Waals surface area (Å²) in [6.45, 7) is 12.9. The Kier molecular flexibility index (Phi) is 16.1. The molecule has 0 aliphatic rings. The molecule has 0 rings (SSSR count). The highest BCUT2D eigenvalue weighted by Gasteiger charge is 2.30. The van der Waals surface area contributed by atoms with Crippen LogP contribution in [0.15, 0.2) is 12.2 Å². The van der Waals surface area contributed by atoms with Crippen LogP contribution in [-0.2, 0) is 38.0 Å². The summed E-state index contributed by atoms with van der Waals surface area (Å²) in [6.07, 6.45) is 1.28. The number of carbonyl (C=O) groups excluding carboxylic acids is 3. The number of esters is 1. The van der Waals surface area contributed by atoms with Crippen molar-refractivity contribution in [2.45, 2.75) is 52.7 Å². The molecule has 0 aromatic rings. The van der Waals surface area contributed by atoms with Crippen molar-refractivity contribution in [3.8, 4) is 0 Å².